The molecule has 2 aromatic heterocycles. The standard InChI is InChI=1S/C28H34N4O3S/c1-27-11-10-23(34)28(2,17-33)22(27)14-21-25(32-26(36-21)31-19-8-4-3-5-9-19)20(27)13-24(35)30-16-18-7-6-12-29-15-18/h3-9,12,15,20,22-23,33-34H,10-11,13-14,16-17H2,1-2H3,(H,30,35)(H,31,32). The zero-order valence-electron chi connectivity index (χ0n) is 20.8. The Balaban J connectivity index is 1.46. The van der Waals surface area contributed by atoms with Crippen LogP contribution in [0.2, 0.25) is 0 Å². The molecule has 8 heteroatoms. The largest absolute Gasteiger partial charge is 0.396 e. The van der Waals surface area contributed by atoms with Crippen LogP contribution in [0, 0.1) is 16.7 Å². The highest BCUT2D eigenvalue weighted by Gasteiger charge is 2.59. The van der Waals surface area contributed by atoms with Crippen LogP contribution in [0.5, 0.6) is 0 Å². The SMILES string of the molecule is CC1(CO)C(O)CCC2(C)C(CC(=O)NCc3cccnc3)c3nc(Nc4ccccc4)sc3CC12. The van der Waals surface area contributed by atoms with Crippen molar-refractivity contribution in [2.45, 2.75) is 58.1 Å². The molecule has 4 N–H and O–H groups in total. The average molecular weight is 507 g/mol. The molecule has 2 aliphatic carbocycles. The number of carbonyl (C=O) groups is 1. The van der Waals surface area contributed by atoms with Gasteiger partial charge in [-0.2, -0.15) is 0 Å². The van der Waals surface area contributed by atoms with E-state index in [9.17, 15) is 15.0 Å². The van der Waals surface area contributed by atoms with Crippen LogP contribution in [-0.4, -0.2) is 38.8 Å². The van der Waals surface area contributed by atoms with Crippen LogP contribution in [0.4, 0.5) is 10.8 Å². The maximum atomic E-state index is 13.2. The number of amides is 1. The molecule has 1 fully saturated rings. The second kappa shape index (κ2) is 9.92. The number of pyridine rings is 1. The molecule has 3 aromatic rings. The number of hydrogen-bond acceptors (Lipinski definition) is 7. The molecule has 5 rings (SSSR count). The van der Waals surface area contributed by atoms with Gasteiger partial charge in [0.15, 0.2) is 5.13 Å². The average Bonchev–Trinajstić information content (AvgIpc) is 3.29. The van der Waals surface area contributed by atoms with E-state index in [0.717, 1.165) is 39.8 Å². The van der Waals surface area contributed by atoms with Gasteiger partial charge in [0, 0.05) is 47.3 Å². The minimum Gasteiger partial charge on any atom is -0.396 e. The molecule has 0 aliphatic heterocycles. The maximum Gasteiger partial charge on any atom is 0.220 e. The molecule has 0 spiro atoms. The first-order valence-electron chi connectivity index (χ1n) is 12.6. The molecular weight excluding hydrogens is 472 g/mol. The molecule has 1 aromatic carbocycles. The van der Waals surface area contributed by atoms with Crippen LogP contribution in [0.1, 0.15) is 55.2 Å². The molecule has 2 heterocycles. The van der Waals surface area contributed by atoms with Crippen LogP contribution in [0.15, 0.2) is 54.9 Å². The monoisotopic (exact) mass is 506 g/mol. The first kappa shape index (κ1) is 24.9. The fourth-order valence-electron chi connectivity index (χ4n) is 6.31. The Labute approximate surface area is 216 Å². The van der Waals surface area contributed by atoms with Gasteiger partial charge >= 0.3 is 0 Å². The number of thiazole rings is 1. The zero-order valence-corrected chi connectivity index (χ0v) is 21.6. The highest BCUT2D eigenvalue weighted by Crippen LogP contribution is 2.62. The van der Waals surface area contributed by atoms with Crippen LogP contribution in [-0.2, 0) is 17.8 Å². The van der Waals surface area contributed by atoms with E-state index in [1.165, 1.54) is 0 Å². The minimum absolute atomic E-state index is 0.0286. The van der Waals surface area contributed by atoms with Gasteiger partial charge in [-0.3, -0.25) is 9.78 Å². The lowest BCUT2D eigenvalue weighted by Gasteiger charge is -2.58. The van der Waals surface area contributed by atoms with Gasteiger partial charge in [0.05, 0.1) is 18.4 Å². The van der Waals surface area contributed by atoms with Crippen molar-refractivity contribution in [1.82, 2.24) is 15.3 Å². The van der Waals surface area contributed by atoms with E-state index in [2.05, 4.69) is 22.5 Å². The number of aliphatic hydroxyl groups is 2. The Morgan fingerprint density at radius 3 is 2.72 bits per heavy atom. The fourth-order valence-corrected chi connectivity index (χ4v) is 7.39. The highest BCUT2D eigenvalue weighted by atomic mass is 32.1. The van der Waals surface area contributed by atoms with E-state index in [-0.39, 0.29) is 29.8 Å². The summed E-state index contributed by atoms with van der Waals surface area (Å²) in [4.78, 5) is 23.5. The Morgan fingerprint density at radius 1 is 1.19 bits per heavy atom. The van der Waals surface area contributed by atoms with Crippen molar-refractivity contribution in [2.75, 3.05) is 11.9 Å². The Kier molecular flexibility index (Phi) is 6.85. The van der Waals surface area contributed by atoms with Gasteiger partial charge in [-0.25, -0.2) is 4.98 Å². The van der Waals surface area contributed by atoms with E-state index in [1.54, 1.807) is 23.7 Å². The second-order valence-corrected chi connectivity index (χ2v) is 11.8. The number of aromatic nitrogens is 2. The minimum atomic E-state index is -0.633. The molecule has 2 aliphatic rings. The third-order valence-electron chi connectivity index (χ3n) is 8.52. The molecule has 5 unspecified atom stereocenters. The first-order chi connectivity index (χ1) is 17.3. The van der Waals surface area contributed by atoms with Gasteiger partial charge in [0.25, 0.3) is 0 Å². The first-order valence-corrected chi connectivity index (χ1v) is 13.4. The lowest BCUT2D eigenvalue weighted by atomic mass is 9.47. The normalized spacial score (nSPS) is 29.2. The summed E-state index contributed by atoms with van der Waals surface area (Å²) in [6, 6.07) is 13.8. The van der Waals surface area contributed by atoms with E-state index >= 15 is 0 Å². The van der Waals surface area contributed by atoms with Crippen molar-refractivity contribution in [1.29, 1.82) is 0 Å². The van der Waals surface area contributed by atoms with Gasteiger partial charge in [-0.15, -0.1) is 11.3 Å². The number of anilines is 2. The van der Waals surface area contributed by atoms with Crippen LogP contribution < -0.4 is 10.6 Å². The predicted molar refractivity (Wildman–Crippen MR) is 141 cm³/mol. The van der Waals surface area contributed by atoms with Crippen molar-refractivity contribution in [3.63, 3.8) is 0 Å². The number of nitrogens with one attached hydrogen (secondary N) is 2. The number of carbonyl (C=O) groups excluding carboxylic acids is 1. The quantitative estimate of drug-likeness (QED) is 0.378. The van der Waals surface area contributed by atoms with Crippen molar-refractivity contribution < 1.29 is 15.0 Å². The van der Waals surface area contributed by atoms with Crippen LogP contribution >= 0.6 is 11.3 Å². The lowest BCUT2D eigenvalue weighted by molar-refractivity contribution is -0.144. The number of rotatable bonds is 7. The molecule has 0 radical (unpaired) electrons. The topological polar surface area (TPSA) is 107 Å². The third-order valence-corrected chi connectivity index (χ3v) is 9.53. The molecule has 0 saturated heterocycles. The lowest BCUT2D eigenvalue weighted by Crippen LogP contribution is -2.57. The fraction of sp³-hybridized carbons (Fsp3) is 0.464. The molecule has 190 valence electrons. The number of para-hydroxylation sites is 1. The van der Waals surface area contributed by atoms with Crippen molar-refractivity contribution in [3.05, 3.63) is 71.0 Å². The Hall–Kier alpha value is -2.81. The molecule has 1 amide bonds. The summed E-state index contributed by atoms with van der Waals surface area (Å²) >= 11 is 1.61. The molecule has 0 bridgehead atoms. The molecule has 7 nitrogen and oxygen atoms in total. The smallest absolute Gasteiger partial charge is 0.220 e. The summed E-state index contributed by atoms with van der Waals surface area (Å²) in [6.45, 7) is 4.56. The summed E-state index contributed by atoms with van der Waals surface area (Å²) in [7, 11) is 0. The van der Waals surface area contributed by atoms with Gasteiger partial charge in [0.1, 0.15) is 0 Å². The zero-order chi connectivity index (χ0) is 25.3. The maximum absolute atomic E-state index is 13.2. The predicted octanol–water partition coefficient (Wildman–Crippen LogP) is 4.40. The Bertz CT molecular complexity index is 1200. The summed E-state index contributed by atoms with van der Waals surface area (Å²) in [5.74, 6) is -0.104. The van der Waals surface area contributed by atoms with Crippen molar-refractivity contribution >= 4 is 28.1 Å². The number of hydrogen-bond donors (Lipinski definition) is 4. The van der Waals surface area contributed by atoms with Gasteiger partial charge < -0.3 is 20.8 Å². The summed E-state index contributed by atoms with van der Waals surface area (Å²) in [5.41, 5.74) is 1.99. The highest BCUT2D eigenvalue weighted by molar-refractivity contribution is 7.15. The van der Waals surface area contributed by atoms with E-state index in [1.807, 2.05) is 49.4 Å². The van der Waals surface area contributed by atoms with E-state index in [0.29, 0.717) is 19.4 Å². The summed E-state index contributed by atoms with van der Waals surface area (Å²) < 4.78 is 0. The number of aliphatic hydroxyl groups excluding tert-OH is 2. The molecule has 1 saturated carbocycles. The summed E-state index contributed by atoms with van der Waals surface area (Å²) in [5, 5.41) is 28.7. The van der Waals surface area contributed by atoms with Crippen LogP contribution in [0.3, 0.4) is 0 Å². The molecule has 36 heavy (non-hydrogen) atoms. The second-order valence-electron chi connectivity index (χ2n) is 10.7. The number of fused-ring (bicyclic) bond motifs is 2. The molecular formula is C28H34N4O3S. The Morgan fingerprint density at radius 2 is 2.00 bits per heavy atom. The van der Waals surface area contributed by atoms with Crippen LogP contribution in [0.25, 0.3) is 0 Å². The number of benzene rings is 1. The number of nitrogens with zero attached hydrogens (tertiary/aromatic N) is 2. The molecule has 5 atom stereocenters. The van der Waals surface area contributed by atoms with Gasteiger partial charge in [-0.1, -0.05) is 38.1 Å². The van der Waals surface area contributed by atoms with E-state index < -0.39 is 11.5 Å². The van der Waals surface area contributed by atoms with Crippen molar-refractivity contribution in [2.24, 2.45) is 16.7 Å². The van der Waals surface area contributed by atoms with E-state index in [4.69, 9.17) is 4.98 Å². The summed E-state index contributed by atoms with van der Waals surface area (Å²) in [6.07, 6.45) is 5.34. The van der Waals surface area contributed by atoms with Gasteiger partial charge in [0.2, 0.25) is 5.91 Å². The van der Waals surface area contributed by atoms with Gasteiger partial charge in [-0.05, 0) is 54.4 Å². The van der Waals surface area contributed by atoms with Crippen molar-refractivity contribution in [3.8, 4) is 0 Å². The third kappa shape index (κ3) is 4.53.